The van der Waals surface area contributed by atoms with Crippen LogP contribution in [0.3, 0.4) is 0 Å². The summed E-state index contributed by atoms with van der Waals surface area (Å²) in [6.45, 7) is 4.63. The highest BCUT2D eigenvalue weighted by Crippen LogP contribution is 2.32. The van der Waals surface area contributed by atoms with E-state index in [1.807, 2.05) is 31.2 Å². The molecule has 1 amide bonds. The van der Waals surface area contributed by atoms with Crippen LogP contribution in [0.25, 0.3) is 11.3 Å². The van der Waals surface area contributed by atoms with Gasteiger partial charge in [0.1, 0.15) is 23.1 Å². The standard InChI is InChI=1S/C20H19ClN4O3/c1-12-7-8-17(23-22-12)27-14-9-10-25(11-14)20(26)18-13(2)28-24-19(18)15-5-3-4-6-16(15)21/h3-8,14H,9-11H2,1-2H3. The number of hydrogen-bond acceptors (Lipinski definition) is 6. The van der Waals surface area contributed by atoms with Crippen molar-refractivity contribution in [2.75, 3.05) is 13.1 Å². The number of aryl methyl sites for hydroxylation is 2. The van der Waals surface area contributed by atoms with E-state index in [9.17, 15) is 4.79 Å². The lowest BCUT2D eigenvalue weighted by atomic mass is 10.1. The van der Waals surface area contributed by atoms with Gasteiger partial charge in [-0.15, -0.1) is 5.10 Å². The van der Waals surface area contributed by atoms with Gasteiger partial charge in [-0.05, 0) is 26.0 Å². The minimum atomic E-state index is -0.144. The lowest BCUT2D eigenvalue weighted by Crippen LogP contribution is -2.31. The number of benzene rings is 1. The third-order valence-corrected chi connectivity index (χ3v) is 5.03. The molecule has 0 N–H and O–H groups in total. The maximum absolute atomic E-state index is 13.2. The molecule has 0 bridgehead atoms. The second-order valence-electron chi connectivity index (χ2n) is 6.73. The molecule has 4 rings (SSSR count). The first kappa shape index (κ1) is 18.4. The van der Waals surface area contributed by atoms with E-state index in [0.29, 0.717) is 53.0 Å². The Morgan fingerprint density at radius 1 is 1.21 bits per heavy atom. The first-order chi connectivity index (χ1) is 13.5. The third kappa shape index (κ3) is 3.57. The summed E-state index contributed by atoms with van der Waals surface area (Å²) >= 11 is 6.29. The molecule has 1 aliphatic rings. The number of carbonyl (C=O) groups excluding carboxylic acids is 1. The average Bonchev–Trinajstić information content (AvgIpc) is 3.30. The van der Waals surface area contributed by atoms with Crippen molar-refractivity contribution in [1.29, 1.82) is 0 Å². The number of amides is 1. The molecule has 28 heavy (non-hydrogen) atoms. The first-order valence-electron chi connectivity index (χ1n) is 9.00. The van der Waals surface area contributed by atoms with Gasteiger partial charge in [0.25, 0.3) is 5.91 Å². The highest BCUT2D eigenvalue weighted by Gasteiger charge is 2.33. The second kappa shape index (κ2) is 7.59. The number of aromatic nitrogens is 3. The third-order valence-electron chi connectivity index (χ3n) is 4.70. The zero-order chi connectivity index (χ0) is 19.7. The normalized spacial score (nSPS) is 16.4. The highest BCUT2D eigenvalue weighted by molar-refractivity contribution is 6.33. The van der Waals surface area contributed by atoms with Gasteiger partial charge in [-0.2, -0.15) is 5.10 Å². The van der Waals surface area contributed by atoms with Crippen LogP contribution >= 0.6 is 11.6 Å². The SMILES string of the molecule is Cc1ccc(OC2CCN(C(=O)c3c(-c4ccccc4Cl)noc3C)C2)nn1. The molecular formula is C20H19ClN4O3. The lowest BCUT2D eigenvalue weighted by Gasteiger charge is -2.17. The van der Waals surface area contributed by atoms with Crippen LogP contribution in [0, 0.1) is 13.8 Å². The Hall–Kier alpha value is -2.93. The fraction of sp³-hybridized carbons (Fsp3) is 0.300. The van der Waals surface area contributed by atoms with E-state index in [2.05, 4.69) is 15.4 Å². The molecule has 1 atom stereocenters. The molecule has 3 heterocycles. The fourth-order valence-corrected chi connectivity index (χ4v) is 3.47. The Morgan fingerprint density at radius 2 is 2.04 bits per heavy atom. The molecule has 1 saturated heterocycles. The molecule has 7 nitrogen and oxygen atoms in total. The molecule has 0 aliphatic carbocycles. The van der Waals surface area contributed by atoms with Crippen LogP contribution in [0.2, 0.25) is 5.02 Å². The maximum Gasteiger partial charge on any atom is 0.259 e. The molecule has 1 aromatic carbocycles. The Bertz CT molecular complexity index is 1000. The van der Waals surface area contributed by atoms with Crippen molar-refractivity contribution < 1.29 is 14.1 Å². The number of nitrogens with zero attached hydrogens (tertiary/aromatic N) is 4. The molecule has 2 aromatic heterocycles. The zero-order valence-electron chi connectivity index (χ0n) is 15.6. The second-order valence-corrected chi connectivity index (χ2v) is 7.14. The van der Waals surface area contributed by atoms with Gasteiger partial charge in [-0.3, -0.25) is 4.79 Å². The van der Waals surface area contributed by atoms with Crippen molar-refractivity contribution in [3.8, 4) is 17.1 Å². The Morgan fingerprint density at radius 3 is 2.79 bits per heavy atom. The summed E-state index contributed by atoms with van der Waals surface area (Å²) in [6, 6.07) is 10.9. The quantitative estimate of drug-likeness (QED) is 0.666. The summed E-state index contributed by atoms with van der Waals surface area (Å²) in [5.74, 6) is 0.784. The molecule has 0 radical (unpaired) electrons. The van der Waals surface area contributed by atoms with Crippen LogP contribution in [0.1, 0.15) is 28.2 Å². The van der Waals surface area contributed by atoms with Crippen molar-refractivity contribution in [3.05, 3.63) is 58.4 Å². The van der Waals surface area contributed by atoms with Gasteiger partial charge in [-0.1, -0.05) is 35.0 Å². The topological polar surface area (TPSA) is 81.4 Å². The van der Waals surface area contributed by atoms with Crippen LogP contribution in [0.4, 0.5) is 0 Å². The van der Waals surface area contributed by atoms with Crippen LogP contribution in [0.15, 0.2) is 40.9 Å². The van der Waals surface area contributed by atoms with Gasteiger partial charge in [0.2, 0.25) is 5.88 Å². The largest absolute Gasteiger partial charge is 0.471 e. The fourth-order valence-electron chi connectivity index (χ4n) is 3.25. The van der Waals surface area contributed by atoms with E-state index in [4.69, 9.17) is 20.9 Å². The molecule has 1 unspecified atom stereocenters. The Labute approximate surface area is 167 Å². The van der Waals surface area contributed by atoms with Gasteiger partial charge < -0.3 is 14.2 Å². The molecule has 3 aromatic rings. The summed E-state index contributed by atoms with van der Waals surface area (Å²) in [4.78, 5) is 14.9. The van der Waals surface area contributed by atoms with Crippen LogP contribution in [0.5, 0.6) is 5.88 Å². The Balaban J connectivity index is 1.52. The number of halogens is 1. The molecule has 144 valence electrons. The number of hydrogen-bond donors (Lipinski definition) is 0. The minimum absolute atomic E-state index is 0.134. The van der Waals surface area contributed by atoms with E-state index in [1.165, 1.54) is 0 Å². The molecular weight excluding hydrogens is 380 g/mol. The maximum atomic E-state index is 13.2. The number of rotatable bonds is 4. The van der Waals surface area contributed by atoms with Gasteiger partial charge in [0.05, 0.1) is 17.3 Å². The zero-order valence-corrected chi connectivity index (χ0v) is 16.3. The Kier molecular flexibility index (Phi) is 5.00. The van der Waals surface area contributed by atoms with Gasteiger partial charge in [-0.25, -0.2) is 0 Å². The van der Waals surface area contributed by atoms with E-state index in [0.717, 1.165) is 5.69 Å². The van der Waals surface area contributed by atoms with Crippen molar-refractivity contribution >= 4 is 17.5 Å². The smallest absolute Gasteiger partial charge is 0.259 e. The molecule has 0 spiro atoms. The van der Waals surface area contributed by atoms with Crippen LogP contribution in [-0.2, 0) is 0 Å². The van der Waals surface area contributed by atoms with E-state index in [-0.39, 0.29) is 12.0 Å². The molecule has 8 heteroatoms. The predicted molar refractivity (Wildman–Crippen MR) is 103 cm³/mol. The molecule has 1 aliphatic heterocycles. The first-order valence-corrected chi connectivity index (χ1v) is 9.38. The monoisotopic (exact) mass is 398 g/mol. The van der Waals surface area contributed by atoms with Gasteiger partial charge in [0.15, 0.2) is 0 Å². The number of carbonyl (C=O) groups is 1. The summed E-state index contributed by atoms with van der Waals surface area (Å²) in [5.41, 5.74) is 2.39. The average molecular weight is 399 g/mol. The van der Waals surface area contributed by atoms with Crippen molar-refractivity contribution in [2.24, 2.45) is 0 Å². The van der Waals surface area contributed by atoms with E-state index >= 15 is 0 Å². The summed E-state index contributed by atoms with van der Waals surface area (Å²) in [7, 11) is 0. The molecule has 0 saturated carbocycles. The van der Waals surface area contributed by atoms with Crippen molar-refractivity contribution in [1.82, 2.24) is 20.3 Å². The highest BCUT2D eigenvalue weighted by atomic mass is 35.5. The van der Waals surface area contributed by atoms with Crippen molar-refractivity contribution in [2.45, 2.75) is 26.4 Å². The van der Waals surface area contributed by atoms with E-state index < -0.39 is 0 Å². The summed E-state index contributed by atoms with van der Waals surface area (Å²) in [6.07, 6.45) is 0.581. The predicted octanol–water partition coefficient (Wildman–Crippen LogP) is 3.70. The minimum Gasteiger partial charge on any atom is -0.471 e. The number of ether oxygens (including phenoxy) is 1. The summed E-state index contributed by atoms with van der Waals surface area (Å²) in [5, 5.41) is 12.6. The lowest BCUT2D eigenvalue weighted by molar-refractivity contribution is 0.0770. The summed E-state index contributed by atoms with van der Waals surface area (Å²) < 4.78 is 11.2. The van der Waals surface area contributed by atoms with Gasteiger partial charge in [0, 0.05) is 24.6 Å². The van der Waals surface area contributed by atoms with E-state index in [1.54, 1.807) is 24.0 Å². The van der Waals surface area contributed by atoms with Crippen LogP contribution in [-0.4, -0.2) is 45.4 Å². The van der Waals surface area contributed by atoms with Gasteiger partial charge >= 0.3 is 0 Å². The number of likely N-dealkylation sites (tertiary alicyclic amines) is 1. The van der Waals surface area contributed by atoms with Crippen molar-refractivity contribution in [3.63, 3.8) is 0 Å². The molecule has 1 fully saturated rings. The van der Waals surface area contributed by atoms with Crippen LogP contribution < -0.4 is 4.74 Å².